The van der Waals surface area contributed by atoms with Gasteiger partial charge in [0.05, 0.1) is 11.4 Å². The summed E-state index contributed by atoms with van der Waals surface area (Å²) in [5.74, 6) is -0.171. The van der Waals surface area contributed by atoms with Gasteiger partial charge in [0.15, 0.2) is 5.78 Å². The molecule has 1 aromatic carbocycles. The highest BCUT2D eigenvalue weighted by Gasteiger charge is 2.32. The van der Waals surface area contributed by atoms with Gasteiger partial charge in [-0.1, -0.05) is 43.0 Å². The summed E-state index contributed by atoms with van der Waals surface area (Å²) in [6.07, 6.45) is 2.24. The fourth-order valence-electron chi connectivity index (χ4n) is 2.45. The molecule has 0 atom stereocenters. The summed E-state index contributed by atoms with van der Waals surface area (Å²) in [6.45, 7) is 8.02. The quantitative estimate of drug-likeness (QED) is 0.546. The molecule has 0 radical (unpaired) electrons. The Bertz CT molecular complexity index is 664. The van der Waals surface area contributed by atoms with E-state index in [1.807, 2.05) is 18.2 Å². The molecule has 1 amide bonds. The molecule has 0 aromatic heterocycles. The molecule has 1 fully saturated rings. The summed E-state index contributed by atoms with van der Waals surface area (Å²) in [5.41, 5.74) is 2.12. The summed E-state index contributed by atoms with van der Waals surface area (Å²) in [6, 6.07) is 8.11. The normalized spacial score (nSPS) is 16.1. The van der Waals surface area contributed by atoms with Crippen molar-refractivity contribution in [3.8, 4) is 0 Å². The highest BCUT2D eigenvalue weighted by atomic mass is 32.2. The summed E-state index contributed by atoms with van der Waals surface area (Å²) in [7, 11) is 0. The number of ketones is 1. The van der Waals surface area contributed by atoms with Crippen LogP contribution in [0, 0.1) is 0 Å². The van der Waals surface area contributed by atoms with Gasteiger partial charge in [0.1, 0.15) is 4.32 Å². The lowest BCUT2D eigenvalue weighted by molar-refractivity contribution is -0.127. The Kier molecular flexibility index (Phi) is 6.57. The van der Waals surface area contributed by atoms with Gasteiger partial charge >= 0.3 is 0 Å². The number of carbonyl (C=O) groups is 2. The number of thiocarbonyl (C=S) groups is 1. The van der Waals surface area contributed by atoms with Gasteiger partial charge in [-0.15, -0.1) is 0 Å². The number of thioether (sulfide) groups is 1. The van der Waals surface area contributed by atoms with Crippen LogP contribution in [0.4, 0.5) is 5.69 Å². The summed E-state index contributed by atoms with van der Waals surface area (Å²) < 4.78 is 0.452. The van der Waals surface area contributed by atoms with Crippen molar-refractivity contribution in [1.29, 1.82) is 0 Å². The average molecular weight is 363 g/mol. The van der Waals surface area contributed by atoms with E-state index in [9.17, 15) is 9.59 Å². The molecule has 1 aliphatic heterocycles. The standard InChI is InChI=1S/C18H22N2O2S2/c1-4-15(21)12-20-17(22)16(24-18(20)23)11-13-7-9-14(10-8-13)19(5-2)6-3/h7-11H,4-6,12H2,1-3H3/b16-11+. The Balaban J connectivity index is 2.15. The van der Waals surface area contributed by atoms with Crippen LogP contribution in [-0.2, 0) is 9.59 Å². The van der Waals surface area contributed by atoms with Gasteiger partial charge in [0.2, 0.25) is 0 Å². The second-order valence-electron chi connectivity index (χ2n) is 5.42. The number of rotatable bonds is 7. The molecule has 0 spiro atoms. The number of Topliss-reactive ketones (excluding diaryl/α,β-unsaturated/α-hetero) is 1. The molecule has 1 heterocycles. The van der Waals surface area contributed by atoms with Crippen molar-refractivity contribution in [2.24, 2.45) is 0 Å². The van der Waals surface area contributed by atoms with Crippen molar-refractivity contribution in [3.63, 3.8) is 0 Å². The van der Waals surface area contributed by atoms with Crippen LogP contribution in [0.25, 0.3) is 6.08 Å². The third kappa shape index (κ3) is 4.24. The van der Waals surface area contributed by atoms with Crippen LogP contribution in [0.1, 0.15) is 32.8 Å². The minimum Gasteiger partial charge on any atom is -0.372 e. The van der Waals surface area contributed by atoms with Crippen molar-refractivity contribution in [2.75, 3.05) is 24.5 Å². The lowest BCUT2D eigenvalue weighted by Gasteiger charge is -2.20. The average Bonchev–Trinajstić information content (AvgIpc) is 2.84. The maximum absolute atomic E-state index is 12.4. The van der Waals surface area contributed by atoms with E-state index in [1.54, 1.807) is 6.92 Å². The van der Waals surface area contributed by atoms with Crippen LogP contribution in [-0.4, -0.2) is 40.5 Å². The molecule has 1 aliphatic rings. The van der Waals surface area contributed by atoms with E-state index in [0.717, 1.165) is 18.7 Å². The molecule has 0 N–H and O–H groups in total. The molecule has 2 rings (SSSR count). The van der Waals surface area contributed by atoms with Crippen LogP contribution in [0.3, 0.4) is 0 Å². The fraction of sp³-hybridized carbons (Fsp3) is 0.389. The van der Waals surface area contributed by atoms with Gasteiger partial charge < -0.3 is 4.90 Å². The summed E-state index contributed by atoms with van der Waals surface area (Å²) >= 11 is 6.49. The zero-order valence-electron chi connectivity index (χ0n) is 14.2. The van der Waals surface area contributed by atoms with E-state index >= 15 is 0 Å². The van der Waals surface area contributed by atoms with Crippen molar-refractivity contribution in [1.82, 2.24) is 4.90 Å². The van der Waals surface area contributed by atoms with Gasteiger partial charge in [-0.25, -0.2) is 0 Å². The molecule has 128 valence electrons. The SMILES string of the molecule is CCC(=O)CN1C(=O)/C(=C\c2ccc(N(CC)CC)cc2)SC1=S. The monoisotopic (exact) mass is 362 g/mol. The molecule has 0 bridgehead atoms. The predicted octanol–water partition coefficient (Wildman–Crippen LogP) is 3.71. The van der Waals surface area contributed by atoms with E-state index < -0.39 is 0 Å². The molecule has 4 nitrogen and oxygen atoms in total. The fourth-order valence-corrected chi connectivity index (χ4v) is 3.70. The number of carbonyl (C=O) groups excluding carboxylic acids is 2. The first-order valence-corrected chi connectivity index (χ1v) is 9.34. The van der Waals surface area contributed by atoms with Gasteiger partial charge in [-0.3, -0.25) is 14.5 Å². The molecule has 1 aromatic rings. The molecular formula is C18H22N2O2S2. The molecule has 0 aliphatic carbocycles. The second kappa shape index (κ2) is 8.44. The van der Waals surface area contributed by atoms with E-state index in [1.165, 1.54) is 22.3 Å². The van der Waals surface area contributed by atoms with Crippen molar-refractivity contribution >= 4 is 51.8 Å². The molecule has 0 unspecified atom stereocenters. The number of hydrogen-bond acceptors (Lipinski definition) is 5. The summed E-state index contributed by atoms with van der Waals surface area (Å²) in [5, 5.41) is 0. The lowest BCUT2D eigenvalue weighted by Crippen LogP contribution is -2.33. The van der Waals surface area contributed by atoms with E-state index in [4.69, 9.17) is 12.2 Å². The third-order valence-electron chi connectivity index (χ3n) is 3.92. The minimum atomic E-state index is -0.181. The van der Waals surface area contributed by atoms with Crippen LogP contribution in [0.5, 0.6) is 0 Å². The van der Waals surface area contributed by atoms with E-state index in [-0.39, 0.29) is 18.2 Å². The van der Waals surface area contributed by atoms with Gasteiger partial charge in [-0.05, 0) is 37.6 Å². The Labute approximate surface area is 152 Å². The van der Waals surface area contributed by atoms with Crippen LogP contribution < -0.4 is 4.90 Å². The summed E-state index contributed by atoms with van der Waals surface area (Å²) in [4.78, 5) is 28.2. The van der Waals surface area contributed by atoms with Gasteiger partial charge in [-0.2, -0.15) is 0 Å². The topological polar surface area (TPSA) is 40.6 Å². The van der Waals surface area contributed by atoms with Gasteiger partial charge in [0, 0.05) is 25.2 Å². The molecule has 6 heteroatoms. The number of hydrogen-bond donors (Lipinski definition) is 0. The first-order valence-electron chi connectivity index (χ1n) is 8.12. The van der Waals surface area contributed by atoms with Gasteiger partial charge in [0.25, 0.3) is 5.91 Å². The molecule has 24 heavy (non-hydrogen) atoms. The Hall–Kier alpha value is -1.66. The first kappa shape index (κ1) is 18.7. The Morgan fingerprint density at radius 1 is 1.21 bits per heavy atom. The maximum atomic E-state index is 12.4. The smallest absolute Gasteiger partial charge is 0.266 e. The van der Waals surface area contributed by atoms with E-state index in [2.05, 4.69) is 30.9 Å². The zero-order valence-corrected chi connectivity index (χ0v) is 15.9. The number of anilines is 1. The van der Waals surface area contributed by atoms with Crippen molar-refractivity contribution in [2.45, 2.75) is 27.2 Å². The first-order chi connectivity index (χ1) is 11.5. The molecule has 0 saturated carbocycles. The zero-order chi connectivity index (χ0) is 17.7. The maximum Gasteiger partial charge on any atom is 0.266 e. The predicted molar refractivity (Wildman–Crippen MR) is 105 cm³/mol. The van der Waals surface area contributed by atoms with Crippen LogP contribution in [0.2, 0.25) is 0 Å². The highest BCUT2D eigenvalue weighted by molar-refractivity contribution is 8.26. The second-order valence-corrected chi connectivity index (χ2v) is 7.10. The van der Waals surface area contributed by atoms with Crippen LogP contribution in [0.15, 0.2) is 29.2 Å². The van der Waals surface area contributed by atoms with Crippen molar-refractivity contribution in [3.05, 3.63) is 34.7 Å². The highest BCUT2D eigenvalue weighted by Crippen LogP contribution is 2.32. The van der Waals surface area contributed by atoms with E-state index in [0.29, 0.717) is 15.6 Å². The lowest BCUT2D eigenvalue weighted by atomic mass is 10.1. The molecular weight excluding hydrogens is 340 g/mol. The number of benzene rings is 1. The Morgan fingerprint density at radius 3 is 2.38 bits per heavy atom. The Morgan fingerprint density at radius 2 is 1.83 bits per heavy atom. The molecule has 1 saturated heterocycles. The number of nitrogens with zero attached hydrogens (tertiary/aromatic N) is 2. The number of amides is 1. The van der Waals surface area contributed by atoms with Crippen LogP contribution >= 0.6 is 24.0 Å². The largest absolute Gasteiger partial charge is 0.372 e. The van der Waals surface area contributed by atoms with Crippen molar-refractivity contribution < 1.29 is 9.59 Å². The minimum absolute atomic E-state index is 0.0103. The third-order valence-corrected chi connectivity index (χ3v) is 5.30.